The summed E-state index contributed by atoms with van der Waals surface area (Å²) in [6.07, 6.45) is 4.38. The Balaban J connectivity index is 1.55. The number of nitrogens with zero attached hydrogens (tertiary/aromatic N) is 1. The lowest BCUT2D eigenvalue weighted by atomic mass is 9.90. The lowest BCUT2D eigenvalue weighted by Gasteiger charge is -2.16. The highest BCUT2D eigenvalue weighted by atomic mass is 16.5. The van der Waals surface area contributed by atoms with Gasteiger partial charge in [-0.3, -0.25) is 10.1 Å². The van der Waals surface area contributed by atoms with Crippen LogP contribution in [0.1, 0.15) is 40.0 Å². The number of rotatable bonds is 4. The Morgan fingerprint density at radius 3 is 2.74 bits per heavy atom. The molecule has 120 valence electrons. The number of hydrogen-bond donors (Lipinski definition) is 1. The monoisotopic (exact) mass is 314 g/mol. The Morgan fingerprint density at radius 2 is 2.00 bits per heavy atom. The summed E-state index contributed by atoms with van der Waals surface area (Å²) in [5, 5.41) is 6.13. The van der Waals surface area contributed by atoms with Gasteiger partial charge < -0.3 is 9.26 Å². The number of ether oxygens (including phenoxy) is 1. The van der Waals surface area contributed by atoms with Crippen molar-refractivity contribution in [2.75, 3.05) is 11.9 Å². The third kappa shape index (κ3) is 3.77. The van der Waals surface area contributed by atoms with E-state index in [-0.39, 0.29) is 12.5 Å². The van der Waals surface area contributed by atoms with Crippen LogP contribution in [0.4, 0.5) is 5.88 Å². The fourth-order valence-electron chi connectivity index (χ4n) is 2.67. The fraction of sp³-hybridized carbons (Fsp3) is 0.353. The first-order valence-corrected chi connectivity index (χ1v) is 7.64. The van der Waals surface area contributed by atoms with Crippen molar-refractivity contribution in [1.29, 1.82) is 0 Å². The molecule has 0 saturated carbocycles. The number of carbonyl (C=O) groups excluding carboxylic acids is 2. The van der Waals surface area contributed by atoms with Crippen LogP contribution in [-0.4, -0.2) is 23.6 Å². The van der Waals surface area contributed by atoms with Gasteiger partial charge >= 0.3 is 5.97 Å². The van der Waals surface area contributed by atoms with Crippen LogP contribution >= 0.6 is 0 Å². The minimum Gasteiger partial charge on any atom is -0.452 e. The molecule has 0 atom stereocenters. The highest BCUT2D eigenvalue weighted by Gasteiger charge is 2.15. The van der Waals surface area contributed by atoms with Crippen LogP contribution in [0.25, 0.3) is 0 Å². The predicted molar refractivity (Wildman–Crippen MR) is 83.2 cm³/mol. The molecule has 0 aliphatic heterocycles. The highest BCUT2D eigenvalue weighted by Crippen LogP contribution is 2.22. The average Bonchev–Trinajstić information content (AvgIpc) is 2.97. The van der Waals surface area contributed by atoms with Gasteiger partial charge in [-0.25, -0.2) is 4.79 Å². The smallest absolute Gasteiger partial charge is 0.338 e. The molecule has 2 aromatic rings. The molecule has 1 aliphatic rings. The van der Waals surface area contributed by atoms with Crippen LogP contribution in [0.3, 0.4) is 0 Å². The summed E-state index contributed by atoms with van der Waals surface area (Å²) in [5.41, 5.74) is 3.64. The van der Waals surface area contributed by atoms with Crippen molar-refractivity contribution in [2.24, 2.45) is 0 Å². The second-order valence-corrected chi connectivity index (χ2v) is 5.65. The van der Waals surface area contributed by atoms with Gasteiger partial charge in [0.25, 0.3) is 5.91 Å². The zero-order valence-corrected chi connectivity index (χ0v) is 12.9. The van der Waals surface area contributed by atoms with Gasteiger partial charge in [0.2, 0.25) is 5.88 Å². The lowest BCUT2D eigenvalue weighted by molar-refractivity contribution is -0.119. The van der Waals surface area contributed by atoms with Crippen LogP contribution in [0.5, 0.6) is 0 Å². The maximum atomic E-state index is 12.1. The molecule has 1 aliphatic carbocycles. The van der Waals surface area contributed by atoms with Crippen molar-refractivity contribution >= 4 is 17.8 Å². The second kappa shape index (κ2) is 6.64. The largest absolute Gasteiger partial charge is 0.452 e. The summed E-state index contributed by atoms with van der Waals surface area (Å²) in [5.74, 6) is -0.730. The summed E-state index contributed by atoms with van der Waals surface area (Å²) in [6.45, 7) is 1.38. The Morgan fingerprint density at radius 1 is 1.22 bits per heavy atom. The van der Waals surface area contributed by atoms with Crippen LogP contribution in [0, 0.1) is 6.92 Å². The predicted octanol–water partition coefficient (Wildman–Crippen LogP) is 2.66. The van der Waals surface area contributed by atoms with Crippen LogP contribution < -0.4 is 5.32 Å². The number of benzene rings is 1. The van der Waals surface area contributed by atoms with Crippen molar-refractivity contribution in [3.8, 4) is 0 Å². The minimum atomic E-state index is -0.498. The fourth-order valence-corrected chi connectivity index (χ4v) is 2.67. The van der Waals surface area contributed by atoms with Gasteiger partial charge in [0.1, 0.15) is 0 Å². The second-order valence-electron chi connectivity index (χ2n) is 5.65. The molecule has 1 heterocycles. The number of amides is 1. The van der Waals surface area contributed by atoms with Gasteiger partial charge in [-0.2, -0.15) is 0 Å². The van der Waals surface area contributed by atoms with Gasteiger partial charge in [-0.1, -0.05) is 11.2 Å². The maximum absolute atomic E-state index is 12.1. The summed E-state index contributed by atoms with van der Waals surface area (Å²) in [4.78, 5) is 23.8. The number of hydrogen-bond acceptors (Lipinski definition) is 5. The first kappa shape index (κ1) is 15.3. The summed E-state index contributed by atoms with van der Waals surface area (Å²) >= 11 is 0. The van der Waals surface area contributed by atoms with Gasteiger partial charge in [0, 0.05) is 6.07 Å². The molecular weight excluding hydrogens is 296 g/mol. The molecule has 1 N–H and O–H groups in total. The molecule has 23 heavy (non-hydrogen) atoms. The average molecular weight is 314 g/mol. The molecule has 3 rings (SSSR count). The molecule has 0 fully saturated rings. The SMILES string of the molecule is Cc1cc(NC(=O)COC(=O)c2ccc3c(c2)CCCC3)on1. The van der Waals surface area contributed by atoms with Crippen molar-refractivity contribution in [3.05, 3.63) is 46.6 Å². The molecule has 0 spiro atoms. The standard InChI is InChI=1S/C17H18N2O4/c1-11-8-16(23-19-11)18-15(20)10-22-17(21)14-7-6-12-4-2-3-5-13(12)9-14/h6-9H,2-5,10H2,1H3,(H,18,20). The topological polar surface area (TPSA) is 81.4 Å². The van der Waals surface area contributed by atoms with Gasteiger partial charge in [-0.05, 0) is 55.9 Å². The molecule has 1 aromatic heterocycles. The maximum Gasteiger partial charge on any atom is 0.338 e. The van der Waals surface area contributed by atoms with Crippen LogP contribution in [0.15, 0.2) is 28.8 Å². The van der Waals surface area contributed by atoms with Crippen molar-refractivity contribution in [2.45, 2.75) is 32.6 Å². The van der Waals surface area contributed by atoms with Gasteiger partial charge in [-0.15, -0.1) is 0 Å². The van der Waals surface area contributed by atoms with E-state index in [1.54, 1.807) is 19.1 Å². The van der Waals surface area contributed by atoms with Crippen molar-refractivity contribution in [1.82, 2.24) is 5.16 Å². The number of carbonyl (C=O) groups is 2. The van der Waals surface area contributed by atoms with Crippen molar-refractivity contribution < 1.29 is 18.8 Å². The molecule has 1 aromatic carbocycles. The zero-order valence-electron chi connectivity index (χ0n) is 12.9. The van der Waals surface area contributed by atoms with Crippen LogP contribution in [0.2, 0.25) is 0 Å². The number of aromatic nitrogens is 1. The third-order valence-corrected chi connectivity index (χ3v) is 3.81. The highest BCUT2D eigenvalue weighted by molar-refractivity contribution is 5.95. The van der Waals surface area contributed by atoms with E-state index in [0.29, 0.717) is 11.3 Å². The van der Waals surface area contributed by atoms with E-state index in [2.05, 4.69) is 10.5 Å². The molecule has 0 saturated heterocycles. The molecule has 0 radical (unpaired) electrons. The molecular formula is C17H18N2O4. The summed E-state index contributed by atoms with van der Waals surface area (Å²) in [7, 11) is 0. The molecule has 6 nitrogen and oxygen atoms in total. The first-order chi connectivity index (χ1) is 11.1. The van der Waals surface area contributed by atoms with E-state index in [1.807, 2.05) is 12.1 Å². The number of nitrogens with one attached hydrogen (secondary N) is 1. The van der Waals surface area contributed by atoms with E-state index >= 15 is 0 Å². The van der Waals surface area contributed by atoms with E-state index in [1.165, 1.54) is 17.5 Å². The summed E-state index contributed by atoms with van der Waals surface area (Å²) < 4.78 is 9.91. The molecule has 6 heteroatoms. The third-order valence-electron chi connectivity index (χ3n) is 3.81. The minimum absolute atomic E-state index is 0.234. The summed E-state index contributed by atoms with van der Waals surface area (Å²) in [6, 6.07) is 7.18. The van der Waals surface area contributed by atoms with E-state index in [0.717, 1.165) is 19.3 Å². The number of aryl methyl sites for hydroxylation is 3. The Kier molecular flexibility index (Phi) is 4.41. The van der Waals surface area contributed by atoms with Crippen molar-refractivity contribution in [3.63, 3.8) is 0 Å². The first-order valence-electron chi connectivity index (χ1n) is 7.64. The number of esters is 1. The van der Waals surface area contributed by atoms with E-state index in [4.69, 9.17) is 9.26 Å². The van der Waals surface area contributed by atoms with Gasteiger partial charge in [0.15, 0.2) is 6.61 Å². The Hall–Kier alpha value is -2.63. The Bertz CT molecular complexity index is 736. The molecule has 1 amide bonds. The lowest BCUT2D eigenvalue weighted by Crippen LogP contribution is -2.20. The number of fused-ring (bicyclic) bond motifs is 1. The number of anilines is 1. The van der Waals surface area contributed by atoms with E-state index in [9.17, 15) is 9.59 Å². The molecule has 0 unspecified atom stereocenters. The van der Waals surface area contributed by atoms with Crippen LogP contribution in [-0.2, 0) is 22.4 Å². The molecule has 0 bridgehead atoms. The zero-order chi connectivity index (χ0) is 16.2. The quantitative estimate of drug-likeness (QED) is 0.877. The van der Waals surface area contributed by atoms with Gasteiger partial charge in [0.05, 0.1) is 11.3 Å². The normalized spacial score (nSPS) is 13.3. The van der Waals surface area contributed by atoms with E-state index < -0.39 is 11.9 Å². The Labute approximate surface area is 133 Å².